The average Bonchev–Trinajstić information content (AvgIpc) is 2.33. The first-order valence-electron chi connectivity index (χ1n) is 5.63. The van der Waals surface area contributed by atoms with Crippen LogP contribution in [0, 0.1) is 17.5 Å². The summed E-state index contributed by atoms with van der Waals surface area (Å²) in [4.78, 5) is 0. The molecule has 6 heteroatoms. The summed E-state index contributed by atoms with van der Waals surface area (Å²) in [6.45, 7) is 1.35. The summed E-state index contributed by atoms with van der Waals surface area (Å²) >= 11 is 11.6. The zero-order chi connectivity index (χ0) is 15.1. The van der Waals surface area contributed by atoms with Crippen molar-refractivity contribution in [3.05, 3.63) is 69.0 Å². The Hall–Kier alpha value is -1.23. The van der Waals surface area contributed by atoms with Crippen molar-refractivity contribution in [2.45, 2.75) is 12.5 Å². The van der Waals surface area contributed by atoms with Crippen LogP contribution in [0.25, 0.3) is 0 Å². The lowest BCUT2D eigenvalue weighted by molar-refractivity contribution is 0.480. The lowest BCUT2D eigenvalue weighted by Crippen LogP contribution is -2.37. The van der Waals surface area contributed by atoms with E-state index in [2.05, 4.69) is 0 Å². The summed E-state index contributed by atoms with van der Waals surface area (Å²) in [6.07, 6.45) is 0. The molecule has 20 heavy (non-hydrogen) atoms. The maximum atomic E-state index is 13.9. The number of nitrogens with two attached hydrogens (primary N) is 1. The van der Waals surface area contributed by atoms with E-state index in [1.165, 1.54) is 13.0 Å². The Morgan fingerprint density at radius 3 is 2.05 bits per heavy atom. The molecular formula is C14H10Cl2F3N. The van der Waals surface area contributed by atoms with Gasteiger partial charge in [-0.1, -0.05) is 29.3 Å². The van der Waals surface area contributed by atoms with Gasteiger partial charge in [-0.3, -0.25) is 0 Å². The molecule has 0 radical (unpaired) electrons. The Bertz CT molecular complexity index is 651. The summed E-state index contributed by atoms with van der Waals surface area (Å²) in [6, 6.07) is 5.50. The van der Waals surface area contributed by atoms with Crippen LogP contribution in [0.4, 0.5) is 13.2 Å². The summed E-state index contributed by atoms with van der Waals surface area (Å²) in [7, 11) is 0. The molecule has 1 unspecified atom stereocenters. The van der Waals surface area contributed by atoms with Gasteiger partial charge < -0.3 is 5.73 Å². The molecule has 1 nitrogen and oxygen atoms in total. The van der Waals surface area contributed by atoms with Crippen LogP contribution < -0.4 is 5.73 Å². The summed E-state index contributed by atoms with van der Waals surface area (Å²) < 4.78 is 41.3. The van der Waals surface area contributed by atoms with Gasteiger partial charge in [0.25, 0.3) is 0 Å². The standard InChI is InChI=1S/C14H10Cl2F3N/c1-14(20,13-10(17)3-2-4-11(13)18)7-5-12(19)9(16)6-8(7)15/h2-6H,20H2,1H3. The van der Waals surface area contributed by atoms with Gasteiger partial charge in [-0.25, -0.2) is 13.2 Å². The lowest BCUT2D eigenvalue weighted by atomic mass is 9.85. The van der Waals surface area contributed by atoms with Crippen molar-refractivity contribution in [1.29, 1.82) is 0 Å². The van der Waals surface area contributed by atoms with E-state index in [1.807, 2.05) is 0 Å². The number of halogens is 5. The molecule has 1 atom stereocenters. The lowest BCUT2D eigenvalue weighted by Gasteiger charge is -2.28. The van der Waals surface area contributed by atoms with E-state index < -0.39 is 23.0 Å². The molecule has 0 fully saturated rings. The van der Waals surface area contributed by atoms with Crippen LogP contribution in [-0.4, -0.2) is 0 Å². The van der Waals surface area contributed by atoms with Crippen LogP contribution in [0.1, 0.15) is 18.1 Å². The molecule has 2 rings (SSSR count). The van der Waals surface area contributed by atoms with Crippen molar-refractivity contribution in [3.8, 4) is 0 Å². The van der Waals surface area contributed by atoms with Gasteiger partial charge in [0.15, 0.2) is 0 Å². The molecule has 0 bridgehead atoms. The SMILES string of the molecule is CC(N)(c1cc(F)c(Cl)cc1Cl)c1c(F)cccc1F. The summed E-state index contributed by atoms with van der Waals surface area (Å²) in [5.74, 6) is -2.43. The van der Waals surface area contributed by atoms with E-state index in [-0.39, 0.29) is 21.2 Å². The Morgan fingerprint density at radius 1 is 0.950 bits per heavy atom. The minimum atomic E-state index is -1.64. The van der Waals surface area contributed by atoms with Gasteiger partial charge in [-0.2, -0.15) is 0 Å². The van der Waals surface area contributed by atoms with E-state index in [9.17, 15) is 13.2 Å². The molecule has 0 heterocycles. The number of rotatable bonds is 2. The molecule has 0 saturated heterocycles. The molecular weight excluding hydrogens is 310 g/mol. The minimum absolute atomic E-state index is 0.0315. The molecule has 0 aliphatic rings. The van der Waals surface area contributed by atoms with Crippen molar-refractivity contribution in [2.24, 2.45) is 5.73 Å². The smallest absolute Gasteiger partial charge is 0.142 e. The molecule has 0 aliphatic heterocycles. The van der Waals surface area contributed by atoms with Crippen molar-refractivity contribution < 1.29 is 13.2 Å². The van der Waals surface area contributed by atoms with Gasteiger partial charge in [0, 0.05) is 10.6 Å². The van der Waals surface area contributed by atoms with Crippen LogP contribution in [0.15, 0.2) is 30.3 Å². The Labute approximate surface area is 124 Å². The maximum Gasteiger partial charge on any atom is 0.142 e. The van der Waals surface area contributed by atoms with E-state index in [4.69, 9.17) is 28.9 Å². The van der Waals surface area contributed by atoms with E-state index in [0.717, 1.165) is 24.3 Å². The second-order valence-corrected chi connectivity index (χ2v) is 5.36. The van der Waals surface area contributed by atoms with Crippen LogP contribution in [0.2, 0.25) is 10.0 Å². The monoisotopic (exact) mass is 319 g/mol. The molecule has 0 spiro atoms. The van der Waals surface area contributed by atoms with Gasteiger partial charge >= 0.3 is 0 Å². The molecule has 106 valence electrons. The fourth-order valence-corrected chi connectivity index (χ4v) is 2.63. The molecule has 0 aromatic heterocycles. The maximum absolute atomic E-state index is 13.9. The normalized spacial score (nSPS) is 14.2. The molecule has 0 aliphatic carbocycles. The zero-order valence-corrected chi connectivity index (χ0v) is 11.9. The molecule has 2 N–H and O–H groups in total. The van der Waals surface area contributed by atoms with Crippen LogP contribution in [0.5, 0.6) is 0 Å². The molecule has 0 saturated carbocycles. The Balaban J connectivity index is 2.70. The van der Waals surface area contributed by atoms with Crippen LogP contribution in [0.3, 0.4) is 0 Å². The highest BCUT2D eigenvalue weighted by atomic mass is 35.5. The van der Waals surface area contributed by atoms with Gasteiger partial charge in [0.05, 0.1) is 10.6 Å². The fourth-order valence-electron chi connectivity index (χ4n) is 2.05. The van der Waals surface area contributed by atoms with Crippen LogP contribution in [-0.2, 0) is 5.54 Å². The first kappa shape index (κ1) is 15.2. The predicted molar refractivity (Wildman–Crippen MR) is 73.4 cm³/mol. The second kappa shape index (κ2) is 5.28. The quantitative estimate of drug-likeness (QED) is 0.802. The molecule has 2 aromatic rings. The van der Waals surface area contributed by atoms with Crippen molar-refractivity contribution in [3.63, 3.8) is 0 Å². The first-order valence-corrected chi connectivity index (χ1v) is 6.39. The third-order valence-corrected chi connectivity index (χ3v) is 3.65. The summed E-state index contributed by atoms with van der Waals surface area (Å²) in [5.41, 5.74) is 4.03. The average molecular weight is 320 g/mol. The Kier molecular flexibility index (Phi) is 4.00. The topological polar surface area (TPSA) is 26.0 Å². The van der Waals surface area contributed by atoms with E-state index in [0.29, 0.717) is 0 Å². The fraction of sp³-hybridized carbons (Fsp3) is 0.143. The first-order chi connectivity index (χ1) is 9.25. The molecule has 0 amide bonds. The minimum Gasteiger partial charge on any atom is -0.318 e. The van der Waals surface area contributed by atoms with Crippen molar-refractivity contribution in [2.75, 3.05) is 0 Å². The number of hydrogen-bond donors (Lipinski definition) is 1. The highest BCUT2D eigenvalue weighted by molar-refractivity contribution is 6.35. The Morgan fingerprint density at radius 2 is 1.50 bits per heavy atom. The number of benzene rings is 2. The summed E-state index contributed by atoms with van der Waals surface area (Å²) in [5, 5.41) is -0.160. The highest BCUT2D eigenvalue weighted by Crippen LogP contribution is 2.36. The van der Waals surface area contributed by atoms with Crippen molar-refractivity contribution in [1.82, 2.24) is 0 Å². The predicted octanol–water partition coefficient (Wildman–Crippen LogP) is 4.63. The van der Waals surface area contributed by atoms with E-state index in [1.54, 1.807) is 0 Å². The molecule has 2 aromatic carbocycles. The number of hydrogen-bond acceptors (Lipinski definition) is 1. The van der Waals surface area contributed by atoms with Gasteiger partial charge in [0.2, 0.25) is 0 Å². The van der Waals surface area contributed by atoms with Crippen molar-refractivity contribution >= 4 is 23.2 Å². The zero-order valence-electron chi connectivity index (χ0n) is 10.4. The highest BCUT2D eigenvalue weighted by Gasteiger charge is 2.33. The van der Waals surface area contributed by atoms with E-state index >= 15 is 0 Å². The van der Waals surface area contributed by atoms with Crippen LogP contribution >= 0.6 is 23.2 Å². The third kappa shape index (κ3) is 2.51. The largest absolute Gasteiger partial charge is 0.318 e. The van der Waals surface area contributed by atoms with Gasteiger partial charge in [-0.15, -0.1) is 0 Å². The van der Waals surface area contributed by atoms with Gasteiger partial charge in [0.1, 0.15) is 17.5 Å². The second-order valence-electron chi connectivity index (χ2n) is 4.55. The third-order valence-electron chi connectivity index (χ3n) is 3.05. The van der Waals surface area contributed by atoms with Gasteiger partial charge in [-0.05, 0) is 36.8 Å².